The van der Waals surface area contributed by atoms with Gasteiger partial charge in [-0.1, -0.05) is 48.5 Å². The van der Waals surface area contributed by atoms with E-state index in [1.165, 1.54) is 60.8 Å². The van der Waals surface area contributed by atoms with E-state index in [9.17, 15) is 87.2 Å². The molecule has 0 bridgehead atoms. The number of morpholine rings is 4. The van der Waals surface area contributed by atoms with Gasteiger partial charge < -0.3 is 132 Å². The van der Waals surface area contributed by atoms with Crippen molar-refractivity contribution in [3.05, 3.63) is 235 Å². The Balaban J connectivity index is 0.000000167. The van der Waals surface area contributed by atoms with Gasteiger partial charge in [0.05, 0.1) is 32.8 Å². The maximum atomic E-state index is 13.5. The van der Waals surface area contributed by atoms with Gasteiger partial charge in [-0.25, -0.2) is 4.79 Å². The van der Waals surface area contributed by atoms with Gasteiger partial charge >= 0.3 is 23.9 Å². The highest BCUT2D eigenvalue weighted by molar-refractivity contribution is 6.10. The minimum atomic E-state index is -1.73. The first-order valence-electron chi connectivity index (χ1n) is 49.2. The number of carboxylic acids is 1. The van der Waals surface area contributed by atoms with Crippen LogP contribution in [0.4, 0.5) is 45.5 Å². The summed E-state index contributed by atoms with van der Waals surface area (Å²) < 4.78 is 37.3. The van der Waals surface area contributed by atoms with E-state index in [0.717, 1.165) is 117 Å². The summed E-state index contributed by atoms with van der Waals surface area (Å²) in [5, 5.41) is 49.1. The van der Waals surface area contributed by atoms with Gasteiger partial charge in [0, 0.05) is 176 Å². The number of amides is 11. The molecule has 8 atom stereocenters. The normalized spacial score (nSPS) is 19.0. The van der Waals surface area contributed by atoms with Crippen LogP contribution in [0.25, 0.3) is 0 Å². The largest absolute Gasteiger partial charge is 0.478 e. The molecule has 0 aromatic heterocycles. The zero-order valence-electron chi connectivity index (χ0n) is 85.5. The van der Waals surface area contributed by atoms with Crippen LogP contribution in [-0.4, -0.2) is 284 Å². The van der Waals surface area contributed by atoms with Crippen LogP contribution in [0.2, 0.25) is 0 Å². The van der Waals surface area contributed by atoms with Crippen molar-refractivity contribution in [2.75, 3.05) is 142 Å². The molecule has 42 heteroatoms. The van der Waals surface area contributed by atoms with Crippen LogP contribution in [0, 0.1) is 0 Å². The lowest BCUT2D eigenvalue weighted by atomic mass is 9.91. The smallest absolute Gasteiger partial charge is 0.348 e. The number of carbonyl (C=O) groups is 15. The number of nitrogen functional groups attached to an aromatic ring is 1. The lowest BCUT2D eigenvalue weighted by molar-refractivity contribution is -0.177. The number of carboxylic acid groups (broad SMARTS) is 1. The lowest BCUT2D eigenvalue weighted by Crippen LogP contribution is -2.56. The zero-order valence-corrected chi connectivity index (χ0v) is 86.3. The van der Waals surface area contributed by atoms with Crippen LogP contribution in [0.1, 0.15) is 168 Å². The summed E-state index contributed by atoms with van der Waals surface area (Å²) in [6.07, 6.45) is -1.56. The quantitative estimate of drug-likeness (QED) is 0.0199. The molecule has 8 aromatic carbocycles. The van der Waals surface area contributed by atoms with Gasteiger partial charge in [-0.3, -0.25) is 67.1 Å². The predicted molar refractivity (Wildman–Crippen MR) is 556 cm³/mol. The van der Waals surface area contributed by atoms with Crippen molar-refractivity contribution < 1.29 is 126 Å². The Hall–Kier alpha value is -14.5. The number of nitrogens with zero attached hydrogens (tertiary/aromatic N) is 8. The molecule has 11 aliphatic rings. The summed E-state index contributed by atoms with van der Waals surface area (Å²) in [4.78, 5) is 199. The van der Waals surface area contributed by atoms with E-state index in [1.807, 2.05) is 99.6 Å². The number of nitrogens with two attached hydrogens (primary N) is 2. The third-order valence-corrected chi connectivity index (χ3v) is 26.8. The maximum Gasteiger partial charge on any atom is 0.348 e. The van der Waals surface area contributed by atoms with Gasteiger partial charge in [0.15, 0.2) is 36.6 Å². The van der Waals surface area contributed by atoms with E-state index < -0.39 is 114 Å². The number of hydrogen-bond acceptors (Lipinski definition) is 29. The van der Waals surface area contributed by atoms with Gasteiger partial charge in [-0.2, -0.15) is 0 Å². The van der Waals surface area contributed by atoms with E-state index in [2.05, 4.69) is 21.3 Å². The summed E-state index contributed by atoms with van der Waals surface area (Å²) in [6, 6.07) is 43.7. The average Bonchev–Trinajstić information content (AvgIpc) is 1.63. The molecule has 11 amide bonds. The first-order valence-corrected chi connectivity index (χ1v) is 49.2. The number of carbonyl (C=O) groups excluding carboxylic acids is 14. The molecule has 15 N–H and O–H groups in total. The van der Waals surface area contributed by atoms with E-state index in [0.29, 0.717) is 107 Å². The van der Waals surface area contributed by atoms with Crippen LogP contribution in [0.5, 0.6) is 0 Å². The second-order valence-corrected chi connectivity index (χ2v) is 38.5. The second kappa shape index (κ2) is 50.7. The molecule has 150 heavy (non-hydrogen) atoms. The number of esters is 3. The van der Waals surface area contributed by atoms with Crippen molar-refractivity contribution in [2.45, 2.75) is 192 Å². The molecular formula is C108H130ClN15O26. The molecule has 19 rings (SSSR count). The van der Waals surface area contributed by atoms with Crippen molar-refractivity contribution in [1.82, 2.24) is 31.1 Å². The van der Waals surface area contributed by atoms with Gasteiger partial charge in [-0.05, 0) is 262 Å². The highest BCUT2D eigenvalue weighted by Crippen LogP contribution is 2.37. The number of aliphatic carboxylic acids is 1. The fourth-order valence-corrected chi connectivity index (χ4v) is 19.4. The van der Waals surface area contributed by atoms with Crippen molar-refractivity contribution in [3.63, 3.8) is 0 Å². The number of aryl methyl sites for hydroxylation is 4. The van der Waals surface area contributed by atoms with E-state index >= 15 is 0 Å². The summed E-state index contributed by atoms with van der Waals surface area (Å²) >= 11 is 0. The van der Waals surface area contributed by atoms with Crippen molar-refractivity contribution in [2.24, 2.45) is 5.73 Å². The van der Waals surface area contributed by atoms with Gasteiger partial charge in [-0.15, -0.1) is 12.4 Å². The van der Waals surface area contributed by atoms with Crippen LogP contribution in [0.3, 0.4) is 0 Å². The van der Waals surface area contributed by atoms with Gasteiger partial charge in [0.2, 0.25) is 12.2 Å². The van der Waals surface area contributed by atoms with Crippen LogP contribution in [0.15, 0.2) is 146 Å². The number of halogens is 1. The Morgan fingerprint density at radius 3 is 1.11 bits per heavy atom. The average molecular weight is 2090 g/mol. The molecule has 9 aliphatic heterocycles. The first-order chi connectivity index (χ1) is 70.8. The number of nitrogens with one attached hydrogen (secondary N) is 4. The Labute approximate surface area is 873 Å². The molecule has 0 radical (unpaired) electrons. The summed E-state index contributed by atoms with van der Waals surface area (Å²) in [7, 11) is 7.87. The second-order valence-electron chi connectivity index (χ2n) is 38.5. The molecule has 0 unspecified atom stereocenters. The number of aliphatic hydroxyl groups excluding tert-OH is 3. The minimum Gasteiger partial charge on any atom is -0.478 e. The van der Waals surface area contributed by atoms with Gasteiger partial charge in [0.25, 0.3) is 65.0 Å². The SMILES string of the molecule is CC(=O)O[C@@H](C(=O)Nc1ccc2c(c1)CCCC2)[C@H]1OCCN(c2ccc3c(c2)C(=O)N(C)C3)C1=O.CC(=O)O[C@@H](C(=O)O)[C@H]1OCCN(c2ccc3c(c2)C(=O)N(C)C3)C1=O.CC(C)(C)OC(=O)Cc1ccc(N)cc1CCN.CN1Cc2ccc(N3CCO[C@H]([C@@H](O)C(=O)Nc4ccc5c(c4)CCCC5)C3=O)cc2C1=O.CN1Cc2ccc(N3CCO[C@H]([C@@H](O)C(=O)Nc4ccc5c(c4)CCNC5)C3=O)cc2C1=O.CO.Cl.N. The van der Waals surface area contributed by atoms with E-state index in [4.69, 9.17) is 49.7 Å². The Kier molecular flexibility index (Phi) is 38.6. The molecule has 4 fully saturated rings. The van der Waals surface area contributed by atoms with Gasteiger partial charge in [0.1, 0.15) is 5.60 Å². The highest BCUT2D eigenvalue weighted by atomic mass is 35.5. The molecule has 41 nitrogen and oxygen atoms in total. The summed E-state index contributed by atoms with van der Waals surface area (Å²) in [5.74, 6) is -7.82. The maximum absolute atomic E-state index is 13.5. The monoisotopic (exact) mass is 2090 g/mol. The van der Waals surface area contributed by atoms with E-state index in [-0.39, 0.29) is 107 Å². The van der Waals surface area contributed by atoms with Crippen LogP contribution < -0.4 is 58.5 Å². The van der Waals surface area contributed by atoms with E-state index in [1.54, 1.807) is 115 Å². The molecule has 800 valence electrons. The number of aliphatic hydroxyl groups is 3. The number of fused-ring (bicyclic) bond motifs is 7. The minimum absolute atomic E-state index is 0. The third kappa shape index (κ3) is 27.0. The Morgan fingerprint density at radius 1 is 0.427 bits per heavy atom. The zero-order chi connectivity index (χ0) is 106. The fourth-order valence-electron chi connectivity index (χ4n) is 19.4. The summed E-state index contributed by atoms with van der Waals surface area (Å²) in [6.45, 7) is 13.6. The Morgan fingerprint density at radius 2 is 0.753 bits per heavy atom. The summed E-state index contributed by atoms with van der Waals surface area (Å²) in [5.41, 5.74) is 30.4. The standard InChI is InChI=1S/C27H29N3O6.C25H27N3O5.C24H26N4O5.C17H18N2O7.C14H22N2O2.CH4O.ClH.H3N/c1-16(31)36-23(25(32)28-20-9-7-17-5-3-4-6-18(17)13-20)24-27(34)30(11-12-35-24)21-10-8-19-15-29(2)26(33)22(19)14-21;1-27-14-17-7-9-19(13-20(17)24(27)31)28-10-11-33-22(25(28)32)21(29)23(30)26-18-8-6-15-4-2-3-5-16(15)12-18;1-27-13-16-3-5-18(11-19(16)23(27)31)28-8-9-33-21(24(28)32)20(29)22(30)26-17-4-2-15-12-25-7-6-14(15)10-17;1-9(20)26-14(17(23)24)13-16(22)19(5-6-25-13)11-4-3-10-8-18(2)15(21)12(10)7-11;1-14(2,3)18-13(17)9-10-4-5-12(16)8-11(10)6-7-15;1-2;;/h7-10,13-14,23-24H,3-6,11-12,15H2,1-2H3,(H,28,32);6-9,12-13,21-22,29H,2-5,10-11,14H2,1H3,(H,26,30);2-5,10-11,20-21,25,29H,6-9,12-13H2,1H3,(H,26,30);3-4,7,13-14H,5-6,8H2,1-2H3,(H,23,24);4-5,8H,6-7,9,15-16H2,1-3H3;2H,1H3;1H;1H3/t23-,24-;21-,22-;20-,21-;13-,14-;;;;/m1111..../s1. The van der Waals surface area contributed by atoms with Crippen molar-refractivity contribution in [1.29, 1.82) is 0 Å². The molecule has 0 saturated carbocycles. The highest BCUT2D eigenvalue weighted by Gasteiger charge is 2.48. The van der Waals surface area contributed by atoms with Crippen LogP contribution in [-0.2, 0) is 164 Å². The molecule has 2 aliphatic carbocycles. The van der Waals surface area contributed by atoms with Crippen molar-refractivity contribution >= 4 is 147 Å². The Bertz CT molecular complexity index is 6280. The predicted octanol–water partition coefficient (Wildman–Crippen LogP) is 6.85. The number of ether oxygens (including phenoxy) is 7. The molecular weight excluding hydrogens is 1960 g/mol. The van der Waals surface area contributed by atoms with Crippen molar-refractivity contribution in [3.8, 4) is 0 Å². The number of benzene rings is 8. The lowest BCUT2D eigenvalue weighted by Gasteiger charge is -2.35. The third-order valence-electron chi connectivity index (χ3n) is 26.8. The van der Waals surface area contributed by atoms with Crippen LogP contribution >= 0.6 is 12.4 Å². The molecule has 0 spiro atoms. The molecule has 8 aromatic rings. The molecule has 4 saturated heterocycles. The number of anilines is 8. The topological polar surface area (TPSA) is 563 Å². The number of rotatable bonds is 21. The molecule has 9 heterocycles. The first kappa shape index (κ1) is 114. The fraction of sp³-hybridized carbons (Fsp3) is 0.417. The number of hydrogen-bond donors (Lipinski definition) is 11.